The summed E-state index contributed by atoms with van der Waals surface area (Å²) in [6, 6.07) is 5.79. The number of hydrogen-bond acceptors (Lipinski definition) is 3. The molecular formula is C16H21BrN2O2. The van der Waals surface area contributed by atoms with Crippen molar-refractivity contribution in [1.29, 1.82) is 0 Å². The molecule has 3 rings (SSSR count). The molecule has 2 N–H and O–H groups in total. The predicted molar refractivity (Wildman–Crippen MR) is 85.5 cm³/mol. The topological polar surface area (TPSA) is 52.6 Å². The average Bonchev–Trinajstić information content (AvgIpc) is 3.03. The number of amides is 1. The molecule has 2 heterocycles. The third-order valence-corrected chi connectivity index (χ3v) is 5.24. The lowest BCUT2D eigenvalue weighted by atomic mass is 9.93. The van der Waals surface area contributed by atoms with Crippen LogP contribution in [0.2, 0.25) is 0 Å². The number of carbonyl (C=O) groups excluding carboxylic acids is 1. The van der Waals surface area contributed by atoms with Gasteiger partial charge in [0.15, 0.2) is 0 Å². The maximum absolute atomic E-state index is 12.8. The zero-order valence-corrected chi connectivity index (χ0v) is 13.6. The van der Waals surface area contributed by atoms with E-state index in [1.165, 1.54) is 12.8 Å². The Morgan fingerprint density at radius 2 is 2.14 bits per heavy atom. The Labute approximate surface area is 133 Å². The van der Waals surface area contributed by atoms with Crippen LogP contribution >= 0.6 is 15.9 Å². The summed E-state index contributed by atoms with van der Waals surface area (Å²) in [5.74, 6) is 0.157. The van der Waals surface area contributed by atoms with Crippen molar-refractivity contribution in [2.45, 2.75) is 44.2 Å². The Morgan fingerprint density at radius 1 is 1.29 bits per heavy atom. The van der Waals surface area contributed by atoms with Crippen molar-refractivity contribution in [3.8, 4) is 5.75 Å². The molecule has 21 heavy (non-hydrogen) atoms. The van der Waals surface area contributed by atoms with E-state index in [1.807, 2.05) is 4.90 Å². The number of rotatable bonds is 2. The number of carbonyl (C=O) groups is 1. The molecule has 4 nitrogen and oxygen atoms in total. The van der Waals surface area contributed by atoms with Crippen molar-refractivity contribution in [3.63, 3.8) is 0 Å². The summed E-state index contributed by atoms with van der Waals surface area (Å²) in [5.41, 5.74) is 0.570. The van der Waals surface area contributed by atoms with Crippen molar-refractivity contribution in [3.05, 3.63) is 28.2 Å². The van der Waals surface area contributed by atoms with E-state index < -0.39 is 0 Å². The fourth-order valence-corrected chi connectivity index (χ4v) is 3.73. The molecule has 1 amide bonds. The number of nitrogens with one attached hydrogen (secondary N) is 1. The summed E-state index contributed by atoms with van der Waals surface area (Å²) in [6.07, 6.45) is 5.68. The molecule has 2 unspecified atom stereocenters. The minimum absolute atomic E-state index is 0.0381. The van der Waals surface area contributed by atoms with E-state index >= 15 is 0 Å². The smallest absolute Gasteiger partial charge is 0.254 e. The molecule has 2 aliphatic rings. The summed E-state index contributed by atoms with van der Waals surface area (Å²) in [6.45, 7) is 1.88. The Balaban J connectivity index is 1.81. The molecule has 2 fully saturated rings. The van der Waals surface area contributed by atoms with Crippen LogP contribution in [0.4, 0.5) is 0 Å². The number of hydrogen-bond donors (Lipinski definition) is 2. The van der Waals surface area contributed by atoms with E-state index in [9.17, 15) is 9.90 Å². The molecule has 114 valence electrons. The first-order valence-electron chi connectivity index (χ1n) is 7.69. The molecule has 2 atom stereocenters. The largest absolute Gasteiger partial charge is 0.507 e. The molecule has 0 bridgehead atoms. The summed E-state index contributed by atoms with van der Waals surface area (Å²) in [4.78, 5) is 14.8. The van der Waals surface area contributed by atoms with E-state index in [2.05, 4.69) is 21.2 Å². The number of phenols is 1. The first-order chi connectivity index (χ1) is 10.2. The average molecular weight is 353 g/mol. The molecule has 1 aromatic rings. The summed E-state index contributed by atoms with van der Waals surface area (Å²) in [5, 5.41) is 13.3. The highest BCUT2D eigenvalue weighted by Gasteiger charge is 2.34. The minimum atomic E-state index is 0.0381. The molecule has 1 aromatic carbocycles. The first-order valence-corrected chi connectivity index (χ1v) is 8.49. The number of halogens is 1. The van der Waals surface area contributed by atoms with Crippen LogP contribution in [0.3, 0.4) is 0 Å². The normalized spacial score (nSPS) is 26.0. The van der Waals surface area contributed by atoms with Gasteiger partial charge in [0.1, 0.15) is 5.75 Å². The van der Waals surface area contributed by atoms with Gasteiger partial charge in [0.2, 0.25) is 0 Å². The van der Waals surface area contributed by atoms with E-state index in [4.69, 9.17) is 0 Å². The highest BCUT2D eigenvalue weighted by Crippen LogP contribution is 2.28. The van der Waals surface area contributed by atoms with Gasteiger partial charge in [0.25, 0.3) is 5.91 Å². The van der Waals surface area contributed by atoms with Crippen LogP contribution in [0, 0.1) is 0 Å². The van der Waals surface area contributed by atoms with Gasteiger partial charge in [-0.15, -0.1) is 0 Å². The van der Waals surface area contributed by atoms with Gasteiger partial charge >= 0.3 is 0 Å². The van der Waals surface area contributed by atoms with Gasteiger partial charge in [-0.05, 0) is 72.8 Å². The zero-order valence-electron chi connectivity index (χ0n) is 12.0. The second kappa shape index (κ2) is 6.36. The fraction of sp³-hybridized carbons (Fsp3) is 0.562. The second-order valence-corrected chi connectivity index (χ2v) is 6.79. The highest BCUT2D eigenvalue weighted by molar-refractivity contribution is 9.10. The van der Waals surface area contributed by atoms with Crippen LogP contribution in [0.25, 0.3) is 0 Å². The Kier molecular flexibility index (Phi) is 4.50. The van der Waals surface area contributed by atoms with E-state index in [-0.39, 0.29) is 11.7 Å². The first kappa shape index (κ1) is 14.9. The van der Waals surface area contributed by atoms with Gasteiger partial charge in [0, 0.05) is 24.2 Å². The van der Waals surface area contributed by atoms with Crippen LogP contribution < -0.4 is 5.32 Å². The number of phenolic OH excluding ortho intramolecular Hbond substituents is 1. The van der Waals surface area contributed by atoms with Crippen LogP contribution in [-0.4, -0.2) is 41.1 Å². The van der Waals surface area contributed by atoms with Crippen molar-refractivity contribution in [1.82, 2.24) is 10.2 Å². The molecule has 5 heteroatoms. The van der Waals surface area contributed by atoms with E-state index in [0.29, 0.717) is 22.1 Å². The van der Waals surface area contributed by atoms with Gasteiger partial charge in [-0.1, -0.05) is 0 Å². The van der Waals surface area contributed by atoms with Gasteiger partial charge in [0.05, 0.1) is 4.47 Å². The molecule has 0 spiro atoms. The summed E-state index contributed by atoms with van der Waals surface area (Å²) < 4.78 is 0.617. The SMILES string of the molecule is O=C(c1ccc(Br)c(O)c1)N1CCCCC1C1CCCN1. The monoisotopic (exact) mass is 352 g/mol. The predicted octanol–water partition coefficient (Wildman–Crippen LogP) is 2.90. The second-order valence-electron chi connectivity index (χ2n) is 5.93. The highest BCUT2D eigenvalue weighted by atomic mass is 79.9. The van der Waals surface area contributed by atoms with Crippen molar-refractivity contribution < 1.29 is 9.90 Å². The Bertz CT molecular complexity index is 529. The molecule has 0 radical (unpaired) electrons. The standard InChI is InChI=1S/C16H21BrN2O2/c17-12-7-6-11(10-15(12)20)16(21)19-9-2-1-5-14(19)13-4-3-8-18-13/h6-7,10,13-14,18,20H,1-5,8-9H2. The van der Waals surface area contributed by atoms with Gasteiger partial charge in [-0.2, -0.15) is 0 Å². The lowest BCUT2D eigenvalue weighted by Gasteiger charge is -2.39. The number of benzene rings is 1. The van der Waals surface area contributed by atoms with Crippen molar-refractivity contribution >= 4 is 21.8 Å². The van der Waals surface area contributed by atoms with E-state index in [0.717, 1.165) is 32.4 Å². The van der Waals surface area contributed by atoms with Crippen LogP contribution in [0.5, 0.6) is 5.75 Å². The molecule has 0 aromatic heterocycles. The lowest BCUT2D eigenvalue weighted by molar-refractivity contribution is 0.0563. The number of likely N-dealkylation sites (tertiary alicyclic amines) is 1. The number of aromatic hydroxyl groups is 1. The van der Waals surface area contributed by atoms with Crippen LogP contribution in [0.1, 0.15) is 42.5 Å². The van der Waals surface area contributed by atoms with Crippen molar-refractivity contribution in [2.24, 2.45) is 0 Å². The summed E-state index contributed by atoms with van der Waals surface area (Å²) >= 11 is 3.26. The zero-order chi connectivity index (χ0) is 14.8. The fourth-order valence-electron chi connectivity index (χ4n) is 3.48. The van der Waals surface area contributed by atoms with Crippen molar-refractivity contribution in [2.75, 3.05) is 13.1 Å². The maximum atomic E-state index is 12.8. The quantitative estimate of drug-likeness (QED) is 0.860. The maximum Gasteiger partial charge on any atom is 0.254 e. The lowest BCUT2D eigenvalue weighted by Crippen LogP contribution is -2.52. The van der Waals surface area contributed by atoms with Gasteiger partial charge in [-0.3, -0.25) is 4.79 Å². The molecule has 2 saturated heterocycles. The molecule has 0 aliphatic carbocycles. The third-order valence-electron chi connectivity index (χ3n) is 4.57. The van der Waals surface area contributed by atoms with Crippen LogP contribution in [0.15, 0.2) is 22.7 Å². The number of piperidine rings is 1. The number of nitrogens with zero attached hydrogens (tertiary/aromatic N) is 1. The molecule has 0 saturated carbocycles. The summed E-state index contributed by atoms with van der Waals surface area (Å²) in [7, 11) is 0. The third kappa shape index (κ3) is 3.09. The van der Waals surface area contributed by atoms with Gasteiger partial charge in [-0.25, -0.2) is 0 Å². The minimum Gasteiger partial charge on any atom is -0.507 e. The Hall–Kier alpha value is -1.07. The molecular weight excluding hydrogens is 332 g/mol. The molecule has 2 aliphatic heterocycles. The Morgan fingerprint density at radius 3 is 2.86 bits per heavy atom. The van der Waals surface area contributed by atoms with Crippen LogP contribution in [-0.2, 0) is 0 Å². The van der Waals surface area contributed by atoms with E-state index in [1.54, 1.807) is 18.2 Å². The van der Waals surface area contributed by atoms with Gasteiger partial charge < -0.3 is 15.3 Å².